The van der Waals surface area contributed by atoms with Crippen LogP contribution in [0.4, 0.5) is 0 Å². The van der Waals surface area contributed by atoms with Gasteiger partial charge < -0.3 is 10.2 Å². The van der Waals surface area contributed by atoms with Crippen molar-refractivity contribution >= 4 is 5.91 Å². The molecule has 0 spiro atoms. The molecule has 0 radical (unpaired) electrons. The highest BCUT2D eigenvalue weighted by atomic mass is 16.1. The van der Waals surface area contributed by atoms with Crippen molar-refractivity contribution in [1.82, 2.24) is 10.2 Å². The molecule has 0 saturated heterocycles. The Morgan fingerprint density at radius 3 is 2.84 bits per heavy atom. The summed E-state index contributed by atoms with van der Waals surface area (Å²) in [7, 11) is 3.95. The average molecular weight is 264 g/mol. The number of allylic oxidation sites excluding steroid dienone is 3. The number of hydrogen-bond acceptors (Lipinski definition) is 2. The van der Waals surface area contributed by atoms with Crippen molar-refractivity contribution in [3.05, 3.63) is 36.1 Å². The Morgan fingerprint density at radius 1 is 1.58 bits per heavy atom. The maximum atomic E-state index is 11.7. The van der Waals surface area contributed by atoms with E-state index in [1.54, 1.807) is 6.08 Å². The SMILES string of the molecule is CC(C)CC1C=CC(NC(=O)/C=C/CN(C)C)=CC1.[HH]. The molecule has 19 heavy (non-hydrogen) atoms. The molecule has 0 aliphatic heterocycles. The summed E-state index contributed by atoms with van der Waals surface area (Å²) >= 11 is 0. The molecule has 1 aliphatic carbocycles. The molecule has 108 valence electrons. The van der Waals surface area contributed by atoms with Crippen LogP contribution in [0.2, 0.25) is 0 Å². The molecule has 3 heteroatoms. The zero-order chi connectivity index (χ0) is 14.3. The highest BCUT2D eigenvalue weighted by Gasteiger charge is 2.11. The molecule has 1 unspecified atom stereocenters. The third-order valence-electron chi connectivity index (χ3n) is 2.97. The highest BCUT2D eigenvalue weighted by Crippen LogP contribution is 2.21. The Kier molecular flexibility index (Phi) is 6.57. The summed E-state index contributed by atoms with van der Waals surface area (Å²) in [6, 6.07) is 0. The fraction of sp³-hybridized carbons (Fsp3) is 0.562. The van der Waals surface area contributed by atoms with Crippen molar-refractivity contribution in [1.29, 1.82) is 0 Å². The van der Waals surface area contributed by atoms with Crippen molar-refractivity contribution in [2.45, 2.75) is 26.7 Å². The lowest BCUT2D eigenvalue weighted by Gasteiger charge is -2.18. The van der Waals surface area contributed by atoms with E-state index in [0.29, 0.717) is 11.8 Å². The topological polar surface area (TPSA) is 32.3 Å². The van der Waals surface area contributed by atoms with Crippen LogP contribution in [-0.4, -0.2) is 31.4 Å². The van der Waals surface area contributed by atoms with Gasteiger partial charge in [0, 0.05) is 19.7 Å². The van der Waals surface area contributed by atoms with E-state index in [0.717, 1.165) is 18.7 Å². The van der Waals surface area contributed by atoms with Crippen LogP contribution in [0.1, 0.15) is 28.1 Å². The van der Waals surface area contributed by atoms with Gasteiger partial charge in [0.05, 0.1) is 0 Å². The molecule has 0 saturated carbocycles. The third kappa shape index (κ3) is 6.97. The molecule has 0 aromatic carbocycles. The Balaban J connectivity index is 0.00000361. The summed E-state index contributed by atoms with van der Waals surface area (Å²) in [5, 5.41) is 2.90. The Morgan fingerprint density at radius 2 is 2.32 bits per heavy atom. The lowest BCUT2D eigenvalue weighted by atomic mass is 9.91. The standard InChI is InChI=1S/C16H26N2O.H2/c1-13(2)12-14-7-9-15(10-8-14)17-16(19)6-5-11-18(3)4;/h5-7,9-10,13-14H,8,11-12H2,1-4H3,(H,17,19);1H/b6-5+;. The number of rotatable bonds is 6. The Labute approximate surface area is 118 Å². The predicted molar refractivity (Wildman–Crippen MR) is 82.7 cm³/mol. The van der Waals surface area contributed by atoms with Crippen LogP contribution in [0.5, 0.6) is 0 Å². The lowest BCUT2D eigenvalue weighted by molar-refractivity contribution is -0.115. The van der Waals surface area contributed by atoms with E-state index < -0.39 is 0 Å². The first-order chi connectivity index (χ1) is 8.97. The lowest BCUT2D eigenvalue weighted by Crippen LogP contribution is -2.21. The molecule has 3 nitrogen and oxygen atoms in total. The van der Waals surface area contributed by atoms with E-state index >= 15 is 0 Å². The van der Waals surface area contributed by atoms with Gasteiger partial charge in [-0.15, -0.1) is 0 Å². The summed E-state index contributed by atoms with van der Waals surface area (Å²) in [4.78, 5) is 13.7. The first-order valence-corrected chi connectivity index (χ1v) is 6.98. The van der Waals surface area contributed by atoms with Crippen LogP contribution in [0.15, 0.2) is 36.1 Å². The van der Waals surface area contributed by atoms with Crippen LogP contribution in [0.25, 0.3) is 0 Å². The number of carbonyl (C=O) groups excluding carboxylic acids is 1. The molecule has 0 aromatic rings. The molecule has 0 fully saturated rings. The number of amides is 1. The van der Waals surface area contributed by atoms with E-state index in [1.165, 1.54) is 6.42 Å². The van der Waals surface area contributed by atoms with E-state index in [2.05, 4.69) is 31.3 Å². The summed E-state index contributed by atoms with van der Waals surface area (Å²) in [5.74, 6) is 1.28. The molecule has 0 bridgehead atoms. The van der Waals surface area contributed by atoms with Gasteiger partial charge in [0.15, 0.2) is 0 Å². The van der Waals surface area contributed by atoms with Crippen molar-refractivity contribution in [3.63, 3.8) is 0 Å². The molecule has 0 heterocycles. The van der Waals surface area contributed by atoms with Gasteiger partial charge in [0.1, 0.15) is 0 Å². The molecule has 1 atom stereocenters. The normalized spacial score (nSPS) is 19.3. The van der Waals surface area contributed by atoms with E-state index in [1.807, 2.05) is 31.1 Å². The summed E-state index contributed by atoms with van der Waals surface area (Å²) < 4.78 is 0. The fourth-order valence-electron chi connectivity index (χ4n) is 2.09. The first kappa shape index (κ1) is 15.7. The monoisotopic (exact) mass is 264 g/mol. The second-order valence-electron chi connectivity index (χ2n) is 5.80. The zero-order valence-corrected chi connectivity index (χ0v) is 12.5. The van der Waals surface area contributed by atoms with Gasteiger partial charge in [-0.05, 0) is 44.8 Å². The van der Waals surface area contributed by atoms with Crippen molar-refractivity contribution in [3.8, 4) is 0 Å². The predicted octanol–water partition coefficient (Wildman–Crippen LogP) is 2.97. The molecule has 1 rings (SSSR count). The largest absolute Gasteiger partial charge is 0.323 e. The molecule has 1 aliphatic rings. The Bertz CT molecular complexity index is 384. The molecular formula is C16H28N2O. The number of nitrogens with zero attached hydrogens (tertiary/aromatic N) is 1. The van der Waals surface area contributed by atoms with E-state index in [9.17, 15) is 4.79 Å². The van der Waals surface area contributed by atoms with Crippen LogP contribution in [0.3, 0.4) is 0 Å². The number of nitrogens with one attached hydrogen (secondary N) is 1. The summed E-state index contributed by atoms with van der Waals surface area (Å²) in [6.45, 7) is 5.26. The van der Waals surface area contributed by atoms with Gasteiger partial charge in [0.25, 0.3) is 0 Å². The van der Waals surface area contributed by atoms with Crippen LogP contribution < -0.4 is 5.32 Å². The molecular weight excluding hydrogens is 236 g/mol. The highest BCUT2D eigenvalue weighted by molar-refractivity contribution is 5.89. The van der Waals surface area contributed by atoms with Gasteiger partial charge in [0.2, 0.25) is 5.91 Å². The van der Waals surface area contributed by atoms with Gasteiger partial charge in [-0.25, -0.2) is 0 Å². The quantitative estimate of drug-likeness (QED) is 0.748. The second kappa shape index (κ2) is 7.95. The van der Waals surface area contributed by atoms with Gasteiger partial charge in [-0.1, -0.05) is 32.1 Å². The molecule has 1 N–H and O–H groups in total. The van der Waals surface area contributed by atoms with E-state index in [-0.39, 0.29) is 7.33 Å². The minimum atomic E-state index is -0.0555. The first-order valence-electron chi connectivity index (χ1n) is 6.98. The van der Waals surface area contributed by atoms with Gasteiger partial charge >= 0.3 is 0 Å². The van der Waals surface area contributed by atoms with Crippen molar-refractivity contribution in [2.24, 2.45) is 11.8 Å². The average Bonchev–Trinajstić information content (AvgIpc) is 2.30. The number of carbonyl (C=O) groups is 1. The van der Waals surface area contributed by atoms with Crippen molar-refractivity contribution in [2.75, 3.05) is 20.6 Å². The van der Waals surface area contributed by atoms with Gasteiger partial charge in [-0.3, -0.25) is 4.79 Å². The number of hydrogen-bond donors (Lipinski definition) is 1. The van der Waals surface area contributed by atoms with Crippen LogP contribution in [0, 0.1) is 11.8 Å². The third-order valence-corrected chi connectivity index (χ3v) is 2.97. The molecule has 0 aromatic heterocycles. The van der Waals surface area contributed by atoms with Crippen LogP contribution >= 0.6 is 0 Å². The molecule has 1 amide bonds. The number of likely N-dealkylation sites (N-methyl/N-ethyl adjacent to an activating group) is 1. The van der Waals surface area contributed by atoms with Gasteiger partial charge in [-0.2, -0.15) is 0 Å². The zero-order valence-electron chi connectivity index (χ0n) is 12.5. The van der Waals surface area contributed by atoms with Crippen LogP contribution in [-0.2, 0) is 4.79 Å². The minimum Gasteiger partial charge on any atom is -0.323 e. The van der Waals surface area contributed by atoms with E-state index in [4.69, 9.17) is 0 Å². The minimum absolute atomic E-state index is 0. The van der Waals surface area contributed by atoms with Crippen molar-refractivity contribution < 1.29 is 6.22 Å². The second-order valence-corrected chi connectivity index (χ2v) is 5.80. The Hall–Kier alpha value is -1.35. The summed E-state index contributed by atoms with van der Waals surface area (Å²) in [6.07, 6.45) is 12.0. The maximum absolute atomic E-state index is 11.7. The summed E-state index contributed by atoms with van der Waals surface area (Å²) in [5.41, 5.74) is 0.916. The smallest absolute Gasteiger partial charge is 0.248 e. The fourth-order valence-corrected chi connectivity index (χ4v) is 2.09. The maximum Gasteiger partial charge on any atom is 0.248 e.